The van der Waals surface area contributed by atoms with E-state index in [1.54, 1.807) is 18.7 Å². The predicted molar refractivity (Wildman–Crippen MR) is 92.8 cm³/mol. The number of alkyl halides is 3. The number of rotatable bonds is 7. The maximum Gasteiger partial charge on any atom is 0.415 e. The van der Waals surface area contributed by atoms with Gasteiger partial charge in [0.25, 0.3) is 0 Å². The number of aliphatic hydroxyl groups excluding tert-OH is 1. The number of benzene rings is 2. The number of halogens is 3. The summed E-state index contributed by atoms with van der Waals surface area (Å²) in [5.41, 5.74) is 1.83. The SMILES string of the molecule is CC(C)[C@@H]([C@H](O)C(F)(F)F)N(Cc1ccccc1)Cc1ccccc1. The van der Waals surface area contributed by atoms with E-state index in [1.807, 2.05) is 60.7 Å². The van der Waals surface area contributed by atoms with Crippen molar-refractivity contribution >= 4 is 0 Å². The summed E-state index contributed by atoms with van der Waals surface area (Å²) in [6.45, 7) is 4.10. The van der Waals surface area contributed by atoms with E-state index in [0.717, 1.165) is 11.1 Å². The summed E-state index contributed by atoms with van der Waals surface area (Å²) in [6.07, 6.45) is -7.04. The van der Waals surface area contributed by atoms with Gasteiger partial charge in [0.05, 0.1) is 0 Å². The van der Waals surface area contributed by atoms with E-state index in [4.69, 9.17) is 0 Å². The van der Waals surface area contributed by atoms with E-state index < -0.39 is 18.3 Å². The average Bonchev–Trinajstić information content (AvgIpc) is 2.55. The Bertz CT molecular complexity index is 587. The lowest BCUT2D eigenvalue weighted by atomic mass is 9.94. The highest BCUT2D eigenvalue weighted by Crippen LogP contribution is 2.30. The van der Waals surface area contributed by atoms with Crippen LogP contribution in [0.15, 0.2) is 60.7 Å². The molecular weight excluding hydrogens is 327 g/mol. The monoisotopic (exact) mass is 351 g/mol. The molecule has 0 aliphatic heterocycles. The van der Waals surface area contributed by atoms with Gasteiger partial charge in [0, 0.05) is 19.1 Å². The molecule has 0 aliphatic carbocycles. The molecule has 0 unspecified atom stereocenters. The van der Waals surface area contributed by atoms with Crippen LogP contribution in [0.4, 0.5) is 13.2 Å². The van der Waals surface area contributed by atoms with Crippen LogP contribution in [0.5, 0.6) is 0 Å². The topological polar surface area (TPSA) is 23.5 Å². The van der Waals surface area contributed by atoms with Gasteiger partial charge in [-0.15, -0.1) is 0 Å². The summed E-state index contributed by atoms with van der Waals surface area (Å²) in [7, 11) is 0. The Morgan fingerprint density at radius 3 is 1.56 bits per heavy atom. The minimum Gasteiger partial charge on any atom is -0.382 e. The first kappa shape index (κ1) is 19.5. The lowest BCUT2D eigenvalue weighted by Gasteiger charge is -2.38. The van der Waals surface area contributed by atoms with Crippen LogP contribution in [0.1, 0.15) is 25.0 Å². The minimum absolute atomic E-state index is 0.339. The molecule has 2 aromatic carbocycles. The summed E-state index contributed by atoms with van der Waals surface area (Å²) in [5, 5.41) is 9.98. The zero-order valence-electron chi connectivity index (χ0n) is 14.4. The van der Waals surface area contributed by atoms with Crippen molar-refractivity contribution in [1.29, 1.82) is 0 Å². The van der Waals surface area contributed by atoms with Crippen LogP contribution >= 0.6 is 0 Å². The van der Waals surface area contributed by atoms with Crippen LogP contribution in [0.2, 0.25) is 0 Å². The molecule has 2 aromatic rings. The number of aliphatic hydroxyl groups is 1. The van der Waals surface area contributed by atoms with Crippen LogP contribution < -0.4 is 0 Å². The van der Waals surface area contributed by atoms with Crippen LogP contribution in [0, 0.1) is 5.92 Å². The third-order valence-electron chi connectivity index (χ3n) is 4.22. The van der Waals surface area contributed by atoms with Gasteiger partial charge in [0.15, 0.2) is 6.10 Å². The average molecular weight is 351 g/mol. The van der Waals surface area contributed by atoms with E-state index in [2.05, 4.69) is 0 Å². The summed E-state index contributed by atoms with van der Waals surface area (Å²) in [6, 6.07) is 17.7. The van der Waals surface area contributed by atoms with Crippen molar-refractivity contribution in [3.8, 4) is 0 Å². The number of hydrogen-bond donors (Lipinski definition) is 1. The smallest absolute Gasteiger partial charge is 0.382 e. The first-order chi connectivity index (χ1) is 11.8. The molecule has 0 bridgehead atoms. The molecule has 0 amide bonds. The van der Waals surface area contributed by atoms with Crippen molar-refractivity contribution in [2.24, 2.45) is 5.92 Å². The van der Waals surface area contributed by atoms with Gasteiger partial charge < -0.3 is 5.11 Å². The molecule has 2 nitrogen and oxygen atoms in total. The molecule has 0 saturated heterocycles. The summed E-state index contributed by atoms with van der Waals surface area (Å²) in [5.74, 6) is -0.357. The van der Waals surface area contributed by atoms with Gasteiger partial charge >= 0.3 is 6.18 Å². The Labute approximate surface area is 146 Å². The van der Waals surface area contributed by atoms with Crippen LogP contribution in [0.3, 0.4) is 0 Å². The standard InChI is InChI=1S/C20H24F3NO/c1-15(2)18(19(25)20(21,22)23)24(13-16-9-5-3-6-10-16)14-17-11-7-4-8-12-17/h3-12,15,18-19,25H,13-14H2,1-2H3/t18-,19-/m0/s1. The third kappa shape index (κ3) is 5.58. The molecule has 1 N–H and O–H groups in total. The van der Waals surface area contributed by atoms with Gasteiger partial charge in [-0.1, -0.05) is 74.5 Å². The van der Waals surface area contributed by atoms with E-state index in [0.29, 0.717) is 13.1 Å². The Kier molecular flexibility index (Phi) is 6.62. The van der Waals surface area contributed by atoms with Crippen molar-refractivity contribution in [2.75, 3.05) is 0 Å². The van der Waals surface area contributed by atoms with E-state index in [-0.39, 0.29) is 5.92 Å². The second kappa shape index (κ2) is 8.50. The molecule has 136 valence electrons. The molecule has 0 radical (unpaired) electrons. The molecule has 0 aliphatic rings. The lowest BCUT2D eigenvalue weighted by Crippen LogP contribution is -2.52. The third-order valence-corrected chi connectivity index (χ3v) is 4.22. The molecule has 0 spiro atoms. The molecule has 0 saturated carbocycles. The minimum atomic E-state index is -4.65. The van der Waals surface area contributed by atoms with Crippen molar-refractivity contribution in [3.63, 3.8) is 0 Å². The molecular formula is C20H24F3NO. The first-order valence-electron chi connectivity index (χ1n) is 8.35. The van der Waals surface area contributed by atoms with Gasteiger partial charge in [0.2, 0.25) is 0 Å². The lowest BCUT2D eigenvalue weighted by molar-refractivity contribution is -0.227. The first-order valence-corrected chi connectivity index (χ1v) is 8.35. The van der Waals surface area contributed by atoms with Gasteiger partial charge in [-0.05, 0) is 17.0 Å². The highest BCUT2D eigenvalue weighted by molar-refractivity contribution is 5.17. The fraction of sp³-hybridized carbons (Fsp3) is 0.400. The molecule has 2 atom stereocenters. The number of nitrogens with zero attached hydrogens (tertiary/aromatic N) is 1. The molecule has 25 heavy (non-hydrogen) atoms. The zero-order chi connectivity index (χ0) is 18.4. The summed E-state index contributed by atoms with van der Waals surface area (Å²) >= 11 is 0. The largest absolute Gasteiger partial charge is 0.415 e. The highest BCUT2D eigenvalue weighted by Gasteiger charge is 2.46. The zero-order valence-corrected chi connectivity index (χ0v) is 14.4. The Balaban J connectivity index is 2.33. The van der Waals surface area contributed by atoms with Gasteiger partial charge in [-0.3, -0.25) is 4.90 Å². The van der Waals surface area contributed by atoms with Gasteiger partial charge in [-0.25, -0.2) is 0 Å². The van der Waals surface area contributed by atoms with Crippen LogP contribution in [-0.2, 0) is 13.1 Å². The van der Waals surface area contributed by atoms with Gasteiger partial charge in [-0.2, -0.15) is 13.2 Å². The quantitative estimate of drug-likeness (QED) is 0.786. The summed E-state index contributed by atoms with van der Waals surface area (Å²) < 4.78 is 39.7. The van der Waals surface area contributed by atoms with Gasteiger partial charge in [0.1, 0.15) is 0 Å². The van der Waals surface area contributed by atoms with Crippen molar-refractivity contribution in [2.45, 2.75) is 45.3 Å². The second-order valence-electron chi connectivity index (χ2n) is 6.60. The van der Waals surface area contributed by atoms with Crippen molar-refractivity contribution in [1.82, 2.24) is 4.90 Å². The van der Waals surface area contributed by atoms with E-state index >= 15 is 0 Å². The van der Waals surface area contributed by atoms with Crippen molar-refractivity contribution in [3.05, 3.63) is 71.8 Å². The molecule has 0 heterocycles. The fourth-order valence-corrected chi connectivity index (χ4v) is 3.08. The predicted octanol–water partition coefficient (Wildman–Crippen LogP) is 4.64. The Hall–Kier alpha value is -1.85. The normalized spacial score (nSPS) is 14.7. The molecule has 0 aromatic heterocycles. The number of hydrogen-bond acceptors (Lipinski definition) is 2. The fourth-order valence-electron chi connectivity index (χ4n) is 3.08. The maximum absolute atomic E-state index is 13.2. The second-order valence-corrected chi connectivity index (χ2v) is 6.60. The van der Waals surface area contributed by atoms with Crippen molar-refractivity contribution < 1.29 is 18.3 Å². The van der Waals surface area contributed by atoms with Crippen LogP contribution in [0.25, 0.3) is 0 Å². The molecule has 0 fully saturated rings. The highest BCUT2D eigenvalue weighted by atomic mass is 19.4. The molecule has 5 heteroatoms. The maximum atomic E-state index is 13.2. The molecule has 2 rings (SSSR count). The Morgan fingerprint density at radius 2 is 1.24 bits per heavy atom. The van der Waals surface area contributed by atoms with E-state index in [1.165, 1.54) is 0 Å². The Morgan fingerprint density at radius 1 is 0.840 bits per heavy atom. The van der Waals surface area contributed by atoms with Crippen LogP contribution in [-0.4, -0.2) is 28.3 Å². The van der Waals surface area contributed by atoms with E-state index in [9.17, 15) is 18.3 Å². The summed E-state index contributed by atoms with van der Waals surface area (Å²) in [4.78, 5) is 1.72.